The maximum atomic E-state index is 12.4. The fraction of sp³-hybridized carbons (Fsp3) is 0.923. The number of carbonyl (C=O) groups is 1. The molecular formula is C13H27N3O2. The molecule has 1 fully saturated rings. The molecule has 1 aliphatic heterocycles. The van der Waals surface area contributed by atoms with Gasteiger partial charge in [-0.1, -0.05) is 13.8 Å². The van der Waals surface area contributed by atoms with Crippen LogP contribution in [-0.2, 0) is 9.53 Å². The van der Waals surface area contributed by atoms with Gasteiger partial charge in [0.05, 0.1) is 6.61 Å². The average molecular weight is 257 g/mol. The van der Waals surface area contributed by atoms with E-state index in [1.807, 2.05) is 19.0 Å². The van der Waals surface area contributed by atoms with Gasteiger partial charge in [-0.15, -0.1) is 0 Å². The second-order valence-corrected chi connectivity index (χ2v) is 5.54. The predicted octanol–water partition coefficient (Wildman–Crippen LogP) is 0.0210. The number of likely N-dealkylation sites (N-methyl/N-ethyl adjacent to an activating group) is 1. The Balaban J connectivity index is 2.53. The van der Waals surface area contributed by atoms with Crippen LogP contribution in [0.4, 0.5) is 0 Å². The first-order valence-electron chi connectivity index (χ1n) is 6.76. The molecule has 18 heavy (non-hydrogen) atoms. The molecule has 1 saturated heterocycles. The third-order valence-corrected chi connectivity index (χ3v) is 2.92. The van der Waals surface area contributed by atoms with Crippen molar-refractivity contribution in [1.82, 2.24) is 15.1 Å². The van der Waals surface area contributed by atoms with Crippen LogP contribution in [0, 0.1) is 5.92 Å². The van der Waals surface area contributed by atoms with Crippen LogP contribution in [0.1, 0.15) is 13.8 Å². The van der Waals surface area contributed by atoms with E-state index < -0.39 is 0 Å². The number of rotatable bonds is 6. The molecule has 0 bridgehead atoms. The summed E-state index contributed by atoms with van der Waals surface area (Å²) in [5, 5.41) is 3.21. The standard InChI is InChI=1S/C13H27N3O2/c1-11(2)10-16(7-6-15(3)4)13(17)12-9-14-5-8-18-12/h11-12,14H,5-10H2,1-4H3. The van der Waals surface area contributed by atoms with Crippen molar-refractivity contribution >= 4 is 5.91 Å². The zero-order valence-electron chi connectivity index (χ0n) is 12.1. The summed E-state index contributed by atoms with van der Waals surface area (Å²) in [6.45, 7) is 8.82. The van der Waals surface area contributed by atoms with Crippen LogP contribution in [0.15, 0.2) is 0 Å². The van der Waals surface area contributed by atoms with Gasteiger partial charge in [-0.3, -0.25) is 4.79 Å². The number of hydrogen-bond donors (Lipinski definition) is 1. The van der Waals surface area contributed by atoms with Crippen LogP contribution in [0.2, 0.25) is 0 Å². The SMILES string of the molecule is CC(C)CN(CCN(C)C)C(=O)C1CNCCO1. The first kappa shape index (κ1) is 15.4. The highest BCUT2D eigenvalue weighted by molar-refractivity contribution is 5.81. The Morgan fingerprint density at radius 1 is 1.39 bits per heavy atom. The lowest BCUT2D eigenvalue weighted by Gasteiger charge is -2.31. The second-order valence-electron chi connectivity index (χ2n) is 5.54. The van der Waals surface area contributed by atoms with Gasteiger partial charge in [0.2, 0.25) is 0 Å². The van der Waals surface area contributed by atoms with Crippen molar-refractivity contribution in [2.45, 2.75) is 20.0 Å². The molecule has 1 heterocycles. The van der Waals surface area contributed by atoms with Gasteiger partial charge in [0.15, 0.2) is 0 Å². The minimum atomic E-state index is -0.306. The summed E-state index contributed by atoms with van der Waals surface area (Å²) >= 11 is 0. The number of carbonyl (C=O) groups excluding carboxylic acids is 1. The molecule has 0 aromatic carbocycles. The quantitative estimate of drug-likeness (QED) is 0.729. The average Bonchev–Trinajstić information content (AvgIpc) is 2.34. The molecule has 5 heteroatoms. The predicted molar refractivity (Wildman–Crippen MR) is 72.6 cm³/mol. The molecule has 106 valence electrons. The van der Waals surface area contributed by atoms with E-state index in [0.717, 1.165) is 26.2 Å². The summed E-state index contributed by atoms with van der Waals surface area (Å²) in [7, 11) is 4.05. The van der Waals surface area contributed by atoms with Crippen molar-refractivity contribution in [2.24, 2.45) is 5.92 Å². The Kier molecular flexibility index (Phi) is 6.60. The van der Waals surface area contributed by atoms with Crippen molar-refractivity contribution in [1.29, 1.82) is 0 Å². The lowest BCUT2D eigenvalue weighted by molar-refractivity contribution is -0.145. The monoisotopic (exact) mass is 257 g/mol. The van der Waals surface area contributed by atoms with E-state index in [4.69, 9.17) is 4.74 Å². The molecule has 0 radical (unpaired) electrons. The Labute approximate surface area is 110 Å². The molecule has 1 aliphatic rings. The first-order valence-corrected chi connectivity index (χ1v) is 6.76. The molecule has 5 nitrogen and oxygen atoms in total. The number of nitrogens with zero attached hydrogens (tertiary/aromatic N) is 2. The lowest BCUT2D eigenvalue weighted by Crippen LogP contribution is -2.51. The molecule has 0 spiro atoms. The van der Waals surface area contributed by atoms with Gasteiger partial charge in [0.25, 0.3) is 5.91 Å². The van der Waals surface area contributed by atoms with Crippen LogP contribution in [0.5, 0.6) is 0 Å². The van der Waals surface area contributed by atoms with E-state index in [9.17, 15) is 4.79 Å². The largest absolute Gasteiger partial charge is 0.366 e. The normalized spacial score (nSPS) is 20.4. The van der Waals surface area contributed by atoms with Crippen molar-refractivity contribution in [2.75, 3.05) is 53.4 Å². The summed E-state index contributed by atoms with van der Waals surface area (Å²) in [4.78, 5) is 16.4. The van der Waals surface area contributed by atoms with E-state index in [1.165, 1.54) is 0 Å². The van der Waals surface area contributed by atoms with Gasteiger partial charge in [0.1, 0.15) is 6.10 Å². The number of amides is 1. The summed E-state index contributed by atoms with van der Waals surface area (Å²) < 4.78 is 5.54. The van der Waals surface area contributed by atoms with Gasteiger partial charge in [-0.25, -0.2) is 0 Å². The Morgan fingerprint density at radius 3 is 2.61 bits per heavy atom. The van der Waals surface area contributed by atoms with Crippen LogP contribution < -0.4 is 5.32 Å². The van der Waals surface area contributed by atoms with Gasteiger partial charge < -0.3 is 19.9 Å². The molecule has 1 atom stereocenters. The first-order chi connectivity index (χ1) is 8.50. The highest BCUT2D eigenvalue weighted by Gasteiger charge is 2.27. The molecule has 1 rings (SSSR count). The van der Waals surface area contributed by atoms with Crippen LogP contribution in [0.25, 0.3) is 0 Å². The molecule has 0 aromatic heterocycles. The van der Waals surface area contributed by atoms with E-state index >= 15 is 0 Å². The fourth-order valence-corrected chi connectivity index (χ4v) is 1.98. The summed E-state index contributed by atoms with van der Waals surface area (Å²) in [6.07, 6.45) is -0.306. The molecule has 1 amide bonds. The van der Waals surface area contributed by atoms with Crippen molar-refractivity contribution < 1.29 is 9.53 Å². The molecule has 0 aromatic rings. The Morgan fingerprint density at radius 2 is 2.11 bits per heavy atom. The van der Waals surface area contributed by atoms with Crippen LogP contribution >= 0.6 is 0 Å². The van der Waals surface area contributed by atoms with Gasteiger partial charge in [0, 0.05) is 32.7 Å². The number of ether oxygens (including phenoxy) is 1. The molecule has 0 saturated carbocycles. The van der Waals surface area contributed by atoms with E-state index in [2.05, 4.69) is 24.1 Å². The number of hydrogen-bond acceptors (Lipinski definition) is 4. The minimum Gasteiger partial charge on any atom is -0.366 e. The maximum Gasteiger partial charge on any atom is 0.253 e. The minimum absolute atomic E-state index is 0.123. The van der Waals surface area contributed by atoms with E-state index in [1.54, 1.807) is 0 Å². The molecule has 1 N–H and O–H groups in total. The maximum absolute atomic E-state index is 12.4. The van der Waals surface area contributed by atoms with E-state index in [0.29, 0.717) is 19.1 Å². The Bertz CT molecular complexity index is 251. The molecule has 0 aliphatic carbocycles. The van der Waals surface area contributed by atoms with Gasteiger partial charge >= 0.3 is 0 Å². The third kappa shape index (κ3) is 5.33. The third-order valence-electron chi connectivity index (χ3n) is 2.92. The highest BCUT2D eigenvalue weighted by Crippen LogP contribution is 2.06. The van der Waals surface area contributed by atoms with Crippen molar-refractivity contribution in [3.63, 3.8) is 0 Å². The summed E-state index contributed by atoms with van der Waals surface area (Å²) in [5.41, 5.74) is 0. The summed E-state index contributed by atoms with van der Waals surface area (Å²) in [5.74, 6) is 0.602. The van der Waals surface area contributed by atoms with Crippen LogP contribution in [0.3, 0.4) is 0 Å². The highest BCUT2D eigenvalue weighted by atomic mass is 16.5. The second kappa shape index (κ2) is 7.71. The zero-order chi connectivity index (χ0) is 13.5. The smallest absolute Gasteiger partial charge is 0.253 e. The fourth-order valence-electron chi connectivity index (χ4n) is 1.98. The van der Waals surface area contributed by atoms with E-state index in [-0.39, 0.29) is 12.0 Å². The Hall–Kier alpha value is -0.650. The molecule has 1 unspecified atom stereocenters. The van der Waals surface area contributed by atoms with Crippen molar-refractivity contribution in [3.05, 3.63) is 0 Å². The van der Waals surface area contributed by atoms with Crippen molar-refractivity contribution in [3.8, 4) is 0 Å². The summed E-state index contributed by atoms with van der Waals surface area (Å²) in [6, 6.07) is 0. The lowest BCUT2D eigenvalue weighted by atomic mass is 10.2. The topological polar surface area (TPSA) is 44.8 Å². The zero-order valence-corrected chi connectivity index (χ0v) is 12.1. The molecular weight excluding hydrogens is 230 g/mol. The van der Waals surface area contributed by atoms with Gasteiger partial charge in [-0.2, -0.15) is 0 Å². The number of morpholine rings is 1. The van der Waals surface area contributed by atoms with Gasteiger partial charge in [-0.05, 0) is 20.0 Å². The van der Waals surface area contributed by atoms with Crippen LogP contribution in [-0.4, -0.2) is 75.2 Å². The number of nitrogens with one attached hydrogen (secondary N) is 1.